The molecule has 0 aliphatic heterocycles. The van der Waals surface area contributed by atoms with Crippen LogP contribution in [0.3, 0.4) is 0 Å². The molecule has 0 bridgehead atoms. The third kappa shape index (κ3) is 2.65. The lowest BCUT2D eigenvalue weighted by molar-refractivity contribution is -0.136. The Kier molecular flexibility index (Phi) is 4.05. The molecular weight excluding hydrogens is 260 g/mol. The van der Waals surface area contributed by atoms with Gasteiger partial charge in [0.1, 0.15) is 5.69 Å². The maximum atomic E-state index is 11.3. The number of carboxylic acids is 2. The van der Waals surface area contributed by atoms with Gasteiger partial charge >= 0.3 is 11.9 Å². The van der Waals surface area contributed by atoms with Crippen LogP contribution in [0.2, 0.25) is 0 Å². The number of hydrogen-bond acceptors (Lipinski definition) is 3. The molecule has 0 fully saturated rings. The van der Waals surface area contributed by atoms with E-state index in [1.165, 1.54) is 0 Å². The van der Waals surface area contributed by atoms with E-state index in [0.29, 0.717) is 36.0 Å². The molecule has 106 valence electrons. The summed E-state index contributed by atoms with van der Waals surface area (Å²) in [5.74, 6) is -2.00. The summed E-state index contributed by atoms with van der Waals surface area (Å²) in [5.41, 5.74) is 7.44. The maximum Gasteiger partial charge on any atom is 0.352 e. The summed E-state index contributed by atoms with van der Waals surface area (Å²) in [6.07, 6.45) is 1.08. The predicted molar refractivity (Wildman–Crippen MR) is 74.0 cm³/mol. The van der Waals surface area contributed by atoms with Gasteiger partial charge in [0, 0.05) is 5.39 Å². The first kappa shape index (κ1) is 14.1. The monoisotopic (exact) mass is 276 g/mol. The Hall–Kier alpha value is -2.34. The van der Waals surface area contributed by atoms with Crippen molar-refractivity contribution in [3.05, 3.63) is 35.0 Å². The van der Waals surface area contributed by atoms with Crippen LogP contribution >= 0.6 is 0 Å². The van der Waals surface area contributed by atoms with Crippen LogP contribution in [0, 0.1) is 0 Å². The zero-order chi connectivity index (χ0) is 14.7. The van der Waals surface area contributed by atoms with Crippen LogP contribution in [-0.2, 0) is 17.6 Å². The van der Waals surface area contributed by atoms with E-state index < -0.39 is 11.9 Å². The van der Waals surface area contributed by atoms with Crippen LogP contribution < -0.4 is 5.73 Å². The highest BCUT2D eigenvalue weighted by Crippen LogP contribution is 2.27. The molecule has 0 saturated carbocycles. The number of rotatable bonds is 6. The number of nitrogens with two attached hydrogens (primary N) is 1. The van der Waals surface area contributed by atoms with Crippen LogP contribution in [0.4, 0.5) is 0 Å². The van der Waals surface area contributed by atoms with Crippen molar-refractivity contribution in [1.82, 2.24) is 4.98 Å². The van der Waals surface area contributed by atoms with Gasteiger partial charge in [-0.1, -0.05) is 18.2 Å². The highest BCUT2D eigenvalue weighted by molar-refractivity contribution is 5.99. The topological polar surface area (TPSA) is 116 Å². The Morgan fingerprint density at radius 1 is 1.25 bits per heavy atom. The second kappa shape index (κ2) is 5.75. The second-order valence-electron chi connectivity index (χ2n) is 4.59. The number of aromatic carboxylic acids is 1. The molecule has 0 aliphatic carbocycles. The normalized spacial score (nSPS) is 10.8. The number of carboxylic acid groups (broad SMARTS) is 2. The molecule has 0 atom stereocenters. The molecule has 0 aliphatic rings. The van der Waals surface area contributed by atoms with Gasteiger partial charge in [-0.15, -0.1) is 0 Å². The molecule has 20 heavy (non-hydrogen) atoms. The third-order valence-electron chi connectivity index (χ3n) is 3.21. The van der Waals surface area contributed by atoms with Crippen LogP contribution in [0.25, 0.3) is 10.9 Å². The minimum atomic E-state index is -1.05. The van der Waals surface area contributed by atoms with Gasteiger partial charge in [-0.3, -0.25) is 4.79 Å². The van der Waals surface area contributed by atoms with Crippen LogP contribution in [0.15, 0.2) is 18.2 Å². The minimum absolute atomic E-state index is 0.117. The molecule has 2 aromatic rings. The smallest absolute Gasteiger partial charge is 0.352 e. The number of aromatic nitrogens is 1. The molecular formula is C14H16N2O4. The number of hydrogen-bond donors (Lipinski definition) is 4. The molecule has 5 N–H and O–H groups in total. The number of aryl methyl sites for hydroxylation is 1. The Balaban J connectivity index is 2.60. The fourth-order valence-corrected chi connectivity index (χ4v) is 2.37. The van der Waals surface area contributed by atoms with E-state index in [2.05, 4.69) is 4.98 Å². The van der Waals surface area contributed by atoms with E-state index in [1.807, 2.05) is 0 Å². The number of para-hydroxylation sites is 1. The summed E-state index contributed by atoms with van der Waals surface area (Å²) < 4.78 is 0. The molecule has 0 saturated heterocycles. The molecule has 0 spiro atoms. The van der Waals surface area contributed by atoms with Crippen molar-refractivity contribution in [3.63, 3.8) is 0 Å². The summed E-state index contributed by atoms with van der Waals surface area (Å²) >= 11 is 0. The van der Waals surface area contributed by atoms with Gasteiger partial charge in [0.05, 0.1) is 11.9 Å². The first-order chi connectivity index (χ1) is 9.54. The summed E-state index contributed by atoms with van der Waals surface area (Å²) in [7, 11) is 0. The average Bonchev–Trinajstić information content (AvgIpc) is 2.75. The lowest BCUT2D eigenvalue weighted by Gasteiger charge is -2.01. The SMILES string of the molecule is NCCCc1c(C(=O)O)[nH]c2c(CC(=O)O)cccc12. The number of H-pyrrole nitrogens is 1. The van der Waals surface area contributed by atoms with E-state index in [9.17, 15) is 14.7 Å². The quantitative estimate of drug-likeness (QED) is 0.636. The van der Waals surface area contributed by atoms with Gasteiger partial charge in [0.25, 0.3) is 0 Å². The van der Waals surface area contributed by atoms with Gasteiger partial charge in [-0.05, 0) is 30.5 Å². The minimum Gasteiger partial charge on any atom is -0.481 e. The van der Waals surface area contributed by atoms with Crippen molar-refractivity contribution < 1.29 is 19.8 Å². The number of aliphatic carboxylic acids is 1. The van der Waals surface area contributed by atoms with Gasteiger partial charge < -0.3 is 20.9 Å². The van der Waals surface area contributed by atoms with E-state index in [-0.39, 0.29) is 12.1 Å². The van der Waals surface area contributed by atoms with Crippen molar-refractivity contribution in [3.8, 4) is 0 Å². The van der Waals surface area contributed by atoms with E-state index in [4.69, 9.17) is 10.8 Å². The van der Waals surface area contributed by atoms with Crippen LogP contribution in [0.1, 0.15) is 28.0 Å². The number of nitrogens with one attached hydrogen (secondary N) is 1. The van der Waals surface area contributed by atoms with Crippen molar-refractivity contribution in [2.45, 2.75) is 19.3 Å². The van der Waals surface area contributed by atoms with Crippen LogP contribution in [-0.4, -0.2) is 33.7 Å². The first-order valence-corrected chi connectivity index (χ1v) is 6.32. The Labute approximate surface area is 115 Å². The standard InChI is InChI=1S/C14H16N2O4/c15-6-2-5-10-9-4-1-3-8(7-11(17)18)12(9)16-13(10)14(19)20/h1,3-4,16H,2,5-7,15H2,(H,17,18)(H,19,20). The molecule has 0 unspecified atom stereocenters. The van der Waals surface area contributed by atoms with Crippen molar-refractivity contribution in [2.75, 3.05) is 6.54 Å². The van der Waals surface area contributed by atoms with Crippen molar-refractivity contribution >= 4 is 22.8 Å². The molecule has 6 nitrogen and oxygen atoms in total. The van der Waals surface area contributed by atoms with Gasteiger partial charge in [-0.25, -0.2) is 4.79 Å². The predicted octanol–water partition coefficient (Wildman–Crippen LogP) is 1.38. The zero-order valence-electron chi connectivity index (χ0n) is 10.8. The number of carbonyl (C=O) groups is 2. The summed E-state index contributed by atoms with van der Waals surface area (Å²) in [6, 6.07) is 5.23. The first-order valence-electron chi connectivity index (χ1n) is 6.32. The Bertz CT molecular complexity index is 660. The molecule has 6 heteroatoms. The van der Waals surface area contributed by atoms with E-state index in [1.54, 1.807) is 18.2 Å². The lowest BCUT2D eigenvalue weighted by atomic mass is 10.0. The zero-order valence-corrected chi connectivity index (χ0v) is 10.8. The van der Waals surface area contributed by atoms with Crippen molar-refractivity contribution in [1.29, 1.82) is 0 Å². The Morgan fingerprint density at radius 2 is 2.00 bits per heavy atom. The molecule has 1 aromatic heterocycles. The number of fused-ring (bicyclic) bond motifs is 1. The second-order valence-corrected chi connectivity index (χ2v) is 4.59. The summed E-state index contributed by atoms with van der Waals surface area (Å²) in [5, 5.41) is 18.9. The average molecular weight is 276 g/mol. The van der Waals surface area contributed by atoms with E-state index in [0.717, 1.165) is 5.39 Å². The molecule has 0 amide bonds. The molecule has 1 aromatic carbocycles. The highest BCUT2D eigenvalue weighted by atomic mass is 16.4. The van der Waals surface area contributed by atoms with E-state index >= 15 is 0 Å². The third-order valence-corrected chi connectivity index (χ3v) is 3.21. The highest BCUT2D eigenvalue weighted by Gasteiger charge is 2.18. The van der Waals surface area contributed by atoms with Gasteiger partial charge in [-0.2, -0.15) is 0 Å². The molecule has 0 radical (unpaired) electrons. The largest absolute Gasteiger partial charge is 0.481 e. The lowest BCUT2D eigenvalue weighted by Crippen LogP contribution is -2.05. The summed E-state index contributed by atoms with van der Waals surface area (Å²) in [6.45, 7) is 0.473. The molecule has 1 heterocycles. The molecule has 2 rings (SSSR count). The van der Waals surface area contributed by atoms with Crippen molar-refractivity contribution in [2.24, 2.45) is 5.73 Å². The van der Waals surface area contributed by atoms with Crippen LogP contribution in [0.5, 0.6) is 0 Å². The fourth-order valence-electron chi connectivity index (χ4n) is 2.37. The van der Waals surface area contributed by atoms with Gasteiger partial charge in [0.15, 0.2) is 0 Å². The number of aromatic amines is 1. The summed E-state index contributed by atoms with van der Waals surface area (Å²) in [4.78, 5) is 25.0. The van der Waals surface area contributed by atoms with Gasteiger partial charge in [0.2, 0.25) is 0 Å². The maximum absolute atomic E-state index is 11.3. The fraction of sp³-hybridized carbons (Fsp3) is 0.286. The Morgan fingerprint density at radius 3 is 2.60 bits per heavy atom. The number of benzene rings is 1.